The number of carbonyl (C=O) groups is 2. The van der Waals surface area contributed by atoms with Crippen molar-refractivity contribution in [2.24, 2.45) is 5.73 Å². The van der Waals surface area contributed by atoms with Gasteiger partial charge in [0.05, 0.1) is 11.4 Å². The van der Waals surface area contributed by atoms with Crippen molar-refractivity contribution in [1.29, 1.82) is 0 Å². The maximum Gasteiger partial charge on any atom is 0.416 e. The van der Waals surface area contributed by atoms with E-state index < -0.39 is 23.7 Å². The number of thioether (sulfide) groups is 1. The fourth-order valence-corrected chi connectivity index (χ4v) is 3.72. The van der Waals surface area contributed by atoms with Gasteiger partial charge in [-0.05, 0) is 30.2 Å². The first kappa shape index (κ1) is 19.6. The van der Waals surface area contributed by atoms with Crippen molar-refractivity contribution < 1.29 is 22.8 Å². The maximum absolute atomic E-state index is 13.0. The van der Waals surface area contributed by atoms with Crippen LogP contribution in [0.5, 0.6) is 0 Å². The van der Waals surface area contributed by atoms with Gasteiger partial charge in [0.2, 0.25) is 11.8 Å². The summed E-state index contributed by atoms with van der Waals surface area (Å²) in [5.74, 6) is 0.216. The zero-order valence-electron chi connectivity index (χ0n) is 13.7. The summed E-state index contributed by atoms with van der Waals surface area (Å²) in [4.78, 5) is 26.0. The molecule has 0 saturated carbocycles. The molecule has 1 fully saturated rings. The zero-order valence-corrected chi connectivity index (χ0v) is 14.5. The molecular formula is C16H20F3N3O2S. The molecule has 1 aliphatic rings. The average Bonchev–Trinajstić information content (AvgIpc) is 3.03. The summed E-state index contributed by atoms with van der Waals surface area (Å²) in [6, 6.07) is 2.56. The second-order valence-electron chi connectivity index (χ2n) is 5.74. The monoisotopic (exact) mass is 375 g/mol. The normalized spacial score (nSPS) is 17.6. The molecule has 3 N–H and O–H groups in total. The fourth-order valence-electron chi connectivity index (χ4n) is 2.53. The second-order valence-corrected chi connectivity index (χ2v) is 6.74. The van der Waals surface area contributed by atoms with E-state index in [4.69, 9.17) is 5.73 Å². The summed E-state index contributed by atoms with van der Waals surface area (Å²) < 4.78 is 38.9. The van der Waals surface area contributed by atoms with Gasteiger partial charge in [-0.25, -0.2) is 0 Å². The molecular weight excluding hydrogens is 355 g/mol. The molecule has 0 aromatic heterocycles. The Balaban J connectivity index is 2.18. The maximum atomic E-state index is 13.0. The predicted molar refractivity (Wildman–Crippen MR) is 90.8 cm³/mol. The number of nitrogens with zero attached hydrogens (tertiary/aromatic N) is 1. The van der Waals surface area contributed by atoms with E-state index in [1.54, 1.807) is 0 Å². The van der Waals surface area contributed by atoms with Crippen LogP contribution in [0.1, 0.15) is 30.9 Å². The van der Waals surface area contributed by atoms with Gasteiger partial charge in [-0.2, -0.15) is 13.2 Å². The van der Waals surface area contributed by atoms with Crippen molar-refractivity contribution in [2.45, 2.75) is 38.5 Å². The summed E-state index contributed by atoms with van der Waals surface area (Å²) >= 11 is 1.44. The highest BCUT2D eigenvalue weighted by Crippen LogP contribution is 2.32. The van der Waals surface area contributed by atoms with Crippen LogP contribution in [0, 0.1) is 0 Å². The lowest BCUT2D eigenvalue weighted by molar-refractivity contribution is -0.137. The SMILES string of the molecule is CCCC(=O)N1CSCC1C(=O)Nc1cc(CN)cc(C(F)(F)F)c1. The minimum Gasteiger partial charge on any atom is -0.326 e. The van der Waals surface area contributed by atoms with E-state index in [1.165, 1.54) is 22.7 Å². The Morgan fingerprint density at radius 1 is 1.36 bits per heavy atom. The van der Waals surface area contributed by atoms with Crippen LogP contribution in [0.15, 0.2) is 18.2 Å². The van der Waals surface area contributed by atoms with Crippen LogP contribution in [0.25, 0.3) is 0 Å². The summed E-state index contributed by atoms with van der Waals surface area (Å²) in [7, 11) is 0. The fraction of sp³-hybridized carbons (Fsp3) is 0.500. The first-order valence-corrected chi connectivity index (χ1v) is 9.01. The Morgan fingerprint density at radius 2 is 2.08 bits per heavy atom. The molecule has 5 nitrogen and oxygen atoms in total. The molecule has 1 atom stereocenters. The van der Waals surface area contributed by atoms with E-state index in [9.17, 15) is 22.8 Å². The molecule has 1 unspecified atom stereocenters. The third-order valence-electron chi connectivity index (χ3n) is 3.79. The molecule has 1 aromatic carbocycles. The van der Waals surface area contributed by atoms with E-state index in [0.717, 1.165) is 12.1 Å². The third-order valence-corrected chi connectivity index (χ3v) is 4.80. The molecule has 25 heavy (non-hydrogen) atoms. The van der Waals surface area contributed by atoms with Gasteiger partial charge in [-0.1, -0.05) is 6.92 Å². The van der Waals surface area contributed by atoms with Crippen LogP contribution in [0.4, 0.5) is 18.9 Å². The van der Waals surface area contributed by atoms with Gasteiger partial charge in [0.1, 0.15) is 6.04 Å². The number of anilines is 1. The average molecular weight is 375 g/mol. The minimum absolute atomic E-state index is 0.0278. The molecule has 0 spiro atoms. The summed E-state index contributed by atoms with van der Waals surface area (Å²) in [6.45, 7) is 1.79. The van der Waals surface area contributed by atoms with Gasteiger partial charge in [0.25, 0.3) is 0 Å². The molecule has 2 amide bonds. The van der Waals surface area contributed by atoms with Crippen LogP contribution < -0.4 is 11.1 Å². The number of hydrogen-bond acceptors (Lipinski definition) is 4. The van der Waals surface area contributed by atoms with Gasteiger partial charge in [-0.15, -0.1) is 11.8 Å². The van der Waals surface area contributed by atoms with Gasteiger partial charge in [0.15, 0.2) is 0 Å². The van der Waals surface area contributed by atoms with Crippen molar-refractivity contribution in [3.8, 4) is 0 Å². The highest BCUT2D eigenvalue weighted by atomic mass is 32.2. The molecule has 1 heterocycles. The van der Waals surface area contributed by atoms with Crippen molar-refractivity contribution in [2.75, 3.05) is 16.9 Å². The molecule has 0 aliphatic carbocycles. The molecule has 1 aliphatic heterocycles. The highest BCUT2D eigenvalue weighted by Gasteiger charge is 2.35. The first-order chi connectivity index (χ1) is 11.8. The van der Waals surface area contributed by atoms with Crippen molar-refractivity contribution in [1.82, 2.24) is 4.90 Å². The molecule has 1 saturated heterocycles. The number of halogens is 3. The van der Waals surface area contributed by atoms with Crippen LogP contribution >= 0.6 is 11.8 Å². The third kappa shape index (κ3) is 4.88. The largest absolute Gasteiger partial charge is 0.416 e. The number of amides is 2. The van der Waals surface area contributed by atoms with Crippen molar-refractivity contribution in [3.63, 3.8) is 0 Å². The van der Waals surface area contributed by atoms with E-state index in [0.29, 0.717) is 24.5 Å². The Hall–Kier alpha value is -1.74. The lowest BCUT2D eigenvalue weighted by Crippen LogP contribution is -2.44. The Morgan fingerprint density at radius 3 is 2.68 bits per heavy atom. The highest BCUT2D eigenvalue weighted by molar-refractivity contribution is 7.99. The summed E-state index contributed by atoms with van der Waals surface area (Å²) in [5.41, 5.74) is 4.87. The molecule has 1 aromatic rings. The summed E-state index contributed by atoms with van der Waals surface area (Å²) in [5, 5.41) is 2.50. The Labute approximate surface area is 148 Å². The van der Waals surface area contributed by atoms with E-state index in [1.807, 2.05) is 6.92 Å². The van der Waals surface area contributed by atoms with Crippen LogP contribution in [0.3, 0.4) is 0 Å². The van der Waals surface area contributed by atoms with E-state index in [2.05, 4.69) is 5.32 Å². The lowest BCUT2D eigenvalue weighted by atomic mass is 10.1. The first-order valence-electron chi connectivity index (χ1n) is 7.85. The second kappa shape index (κ2) is 8.09. The number of alkyl halides is 3. The Bertz CT molecular complexity index is 652. The molecule has 0 radical (unpaired) electrons. The number of hydrogen-bond donors (Lipinski definition) is 2. The number of benzene rings is 1. The van der Waals surface area contributed by atoms with Crippen molar-refractivity contribution in [3.05, 3.63) is 29.3 Å². The lowest BCUT2D eigenvalue weighted by Gasteiger charge is -2.23. The topological polar surface area (TPSA) is 75.4 Å². The molecule has 2 rings (SSSR count). The van der Waals surface area contributed by atoms with Gasteiger partial charge in [-0.3, -0.25) is 9.59 Å². The number of carbonyl (C=O) groups excluding carboxylic acids is 2. The number of rotatable bonds is 5. The quantitative estimate of drug-likeness (QED) is 0.830. The summed E-state index contributed by atoms with van der Waals surface area (Å²) in [6.07, 6.45) is -3.52. The van der Waals surface area contributed by atoms with Crippen LogP contribution in [-0.2, 0) is 22.3 Å². The zero-order chi connectivity index (χ0) is 18.6. The molecule has 138 valence electrons. The van der Waals surface area contributed by atoms with Gasteiger partial charge < -0.3 is 16.0 Å². The smallest absolute Gasteiger partial charge is 0.326 e. The predicted octanol–water partition coefficient (Wildman–Crippen LogP) is 2.80. The standard InChI is InChI=1S/C16H20F3N3O2S/c1-2-3-14(23)22-9-25-8-13(22)15(24)21-12-5-10(7-20)4-11(6-12)16(17,18)19/h4-6,13H,2-3,7-9,20H2,1H3,(H,21,24). The van der Waals surface area contributed by atoms with Gasteiger partial charge in [0, 0.05) is 24.4 Å². The van der Waals surface area contributed by atoms with Crippen LogP contribution in [0.2, 0.25) is 0 Å². The minimum atomic E-state index is -4.53. The van der Waals surface area contributed by atoms with Crippen molar-refractivity contribution >= 4 is 29.3 Å². The van der Waals surface area contributed by atoms with Crippen LogP contribution in [-0.4, -0.2) is 34.4 Å². The number of nitrogens with two attached hydrogens (primary N) is 1. The van der Waals surface area contributed by atoms with E-state index >= 15 is 0 Å². The van der Waals surface area contributed by atoms with Gasteiger partial charge >= 0.3 is 6.18 Å². The number of nitrogens with one attached hydrogen (secondary N) is 1. The molecule has 0 bridgehead atoms. The van der Waals surface area contributed by atoms with E-state index in [-0.39, 0.29) is 23.7 Å². The Kier molecular flexibility index (Phi) is 6.34. The molecule has 9 heteroatoms.